The molecule has 0 spiro atoms. The van der Waals surface area contributed by atoms with Crippen LogP contribution in [-0.4, -0.2) is 33.8 Å². The van der Waals surface area contributed by atoms with Crippen molar-refractivity contribution in [3.05, 3.63) is 30.0 Å². The van der Waals surface area contributed by atoms with Crippen LogP contribution >= 0.6 is 0 Å². The second-order valence-electron chi connectivity index (χ2n) is 5.89. The van der Waals surface area contributed by atoms with Gasteiger partial charge in [0.15, 0.2) is 12.4 Å². The fourth-order valence-electron chi connectivity index (χ4n) is 1.92. The van der Waals surface area contributed by atoms with Crippen LogP contribution in [0.15, 0.2) is 22.9 Å². The van der Waals surface area contributed by atoms with Crippen LogP contribution in [-0.2, 0) is 11.2 Å². The number of alkyl halides is 3. The minimum atomic E-state index is -4.43. The van der Waals surface area contributed by atoms with Crippen molar-refractivity contribution < 1.29 is 27.2 Å². The second kappa shape index (κ2) is 8.63. The molecular formula is C16H19F3N4O3. The van der Waals surface area contributed by atoms with Gasteiger partial charge in [-0.25, -0.2) is 4.98 Å². The smallest absolute Gasteiger partial charge is 0.422 e. The second-order valence-corrected chi connectivity index (χ2v) is 5.89. The summed E-state index contributed by atoms with van der Waals surface area (Å²) in [5.74, 6) is 0.862. The first-order chi connectivity index (χ1) is 12.2. The maximum absolute atomic E-state index is 12.0. The van der Waals surface area contributed by atoms with E-state index >= 15 is 0 Å². The molecule has 0 fully saturated rings. The Kier molecular flexibility index (Phi) is 6.53. The zero-order chi connectivity index (χ0) is 19.2. The number of anilines is 1. The van der Waals surface area contributed by atoms with Crippen LogP contribution in [0.25, 0.3) is 0 Å². The Morgan fingerprint density at radius 2 is 2.12 bits per heavy atom. The van der Waals surface area contributed by atoms with E-state index in [2.05, 4.69) is 25.2 Å². The van der Waals surface area contributed by atoms with Crippen molar-refractivity contribution in [2.45, 2.75) is 45.2 Å². The molecule has 2 rings (SSSR count). The van der Waals surface area contributed by atoms with Crippen molar-refractivity contribution in [3.8, 4) is 5.88 Å². The molecule has 10 heteroatoms. The number of hydrogen-bond donors (Lipinski definition) is 1. The third-order valence-electron chi connectivity index (χ3n) is 3.20. The Bertz CT molecular complexity index is 714. The number of amides is 1. The van der Waals surface area contributed by atoms with Gasteiger partial charge in [-0.1, -0.05) is 19.0 Å². The van der Waals surface area contributed by atoms with Gasteiger partial charge in [-0.15, -0.1) is 0 Å². The summed E-state index contributed by atoms with van der Waals surface area (Å²) in [5.41, 5.74) is 0.370. The summed E-state index contributed by atoms with van der Waals surface area (Å²) < 4.78 is 45.7. The molecule has 0 aromatic carbocycles. The van der Waals surface area contributed by atoms with Crippen molar-refractivity contribution in [2.75, 3.05) is 11.9 Å². The average Bonchev–Trinajstić information content (AvgIpc) is 3.03. The third kappa shape index (κ3) is 6.69. The topological polar surface area (TPSA) is 90.1 Å². The third-order valence-corrected chi connectivity index (χ3v) is 3.20. The van der Waals surface area contributed by atoms with E-state index in [1.54, 1.807) is 0 Å². The van der Waals surface area contributed by atoms with Crippen LogP contribution in [0, 0.1) is 0 Å². The molecule has 1 N–H and O–H groups in total. The molecule has 1 amide bonds. The van der Waals surface area contributed by atoms with Crippen molar-refractivity contribution in [2.24, 2.45) is 0 Å². The number of rotatable bonds is 8. The first-order valence-electron chi connectivity index (χ1n) is 8.01. The Morgan fingerprint density at radius 3 is 2.69 bits per heavy atom. The number of pyridine rings is 1. The van der Waals surface area contributed by atoms with Crippen molar-refractivity contribution in [1.82, 2.24) is 15.1 Å². The van der Waals surface area contributed by atoms with Crippen LogP contribution in [0.3, 0.4) is 0 Å². The van der Waals surface area contributed by atoms with Gasteiger partial charge in [-0.3, -0.25) is 4.79 Å². The van der Waals surface area contributed by atoms with Gasteiger partial charge in [0, 0.05) is 24.8 Å². The van der Waals surface area contributed by atoms with Gasteiger partial charge in [0.05, 0.1) is 11.9 Å². The summed E-state index contributed by atoms with van der Waals surface area (Å²) >= 11 is 0. The van der Waals surface area contributed by atoms with E-state index in [1.807, 2.05) is 13.8 Å². The molecule has 0 saturated heterocycles. The van der Waals surface area contributed by atoms with E-state index in [0.717, 1.165) is 0 Å². The Balaban J connectivity index is 1.73. The molecule has 0 unspecified atom stereocenters. The summed E-state index contributed by atoms with van der Waals surface area (Å²) in [4.78, 5) is 19.8. The lowest BCUT2D eigenvalue weighted by molar-refractivity contribution is -0.154. The quantitative estimate of drug-likeness (QED) is 0.763. The molecule has 0 aliphatic carbocycles. The van der Waals surface area contributed by atoms with Crippen LogP contribution in [0.5, 0.6) is 5.88 Å². The fourth-order valence-corrected chi connectivity index (χ4v) is 1.92. The molecular weight excluding hydrogens is 353 g/mol. The van der Waals surface area contributed by atoms with Gasteiger partial charge < -0.3 is 14.6 Å². The van der Waals surface area contributed by atoms with Crippen LogP contribution in [0.2, 0.25) is 0 Å². The van der Waals surface area contributed by atoms with Gasteiger partial charge in [-0.2, -0.15) is 18.2 Å². The normalized spacial score (nSPS) is 11.6. The molecule has 0 saturated carbocycles. The number of nitrogens with zero attached hydrogens (tertiary/aromatic N) is 3. The monoisotopic (exact) mass is 372 g/mol. The lowest BCUT2D eigenvalue weighted by atomic mass is 10.2. The van der Waals surface area contributed by atoms with E-state index in [4.69, 9.17) is 4.52 Å². The molecule has 26 heavy (non-hydrogen) atoms. The summed E-state index contributed by atoms with van der Waals surface area (Å²) in [6.45, 7) is 2.49. The van der Waals surface area contributed by atoms with Gasteiger partial charge in [0.1, 0.15) is 0 Å². The molecule has 2 aromatic rings. The number of carbonyl (C=O) groups excluding carboxylic acids is 1. The molecule has 0 bridgehead atoms. The van der Waals surface area contributed by atoms with Crippen molar-refractivity contribution >= 4 is 11.6 Å². The van der Waals surface area contributed by atoms with E-state index in [1.165, 1.54) is 18.3 Å². The molecule has 2 aromatic heterocycles. The number of carbonyl (C=O) groups is 1. The summed E-state index contributed by atoms with van der Waals surface area (Å²) in [6.07, 6.45) is -1.97. The molecule has 0 atom stereocenters. The lowest BCUT2D eigenvalue weighted by Crippen LogP contribution is -2.19. The first kappa shape index (κ1) is 19.7. The van der Waals surface area contributed by atoms with Gasteiger partial charge >= 0.3 is 6.18 Å². The van der Waals surface area contributed by atoms with Crippen molar-refractivity contribution in [1.29, 1.82) is 0 Å². The highest BCUT2D eigenvalue weighted by Gasteiger charge is 2.28. The largest absolute Gasteiger partial charge is 0.468 e. The van der Waals surface area contributed by atoms with E-state index < -0.39 is 12.8 Å². The van der Waals surface area contributed by atoms with E-state index in [9.17, 15) is 18.0 Å². The van der Waals surface area contributed by atoms with E-state index in [-0.39, 0.29) is 24.1 Å². The molecule has 0 radical (unpaired) electrons. The molecule has 142 valence electrons. The molecule has 0 aliphatic rings. The van der Waals surface area contributed by atoms with Crippen molar-refractivity contribution in [3.63, 3.8) is 0 Å². The summed E-state index contributed by atoms with van der Waals surface area (Å²) in [6, 6.07) is 2.68. The Hall–Kier alpha value is -2.65. The number of aryl methyl sites for hydroxylation is 1. The lowest BCUT2D eigenvalue weighted by Gasteiger charge is -2.09. The highest BCUT2D eigenvalue weighted by Crippen LogP contribution is 2.18. The zero-order valence-electron chi connectivity index (χ0n) is 14.3. The maximum atomic E-state index is 12.0. The molecule has 2 heterocycles. The first-order valence-corrected chi connectivity index (χ1v) is 8.01. The summed E-state index contributed by atoms with van der Waals surface area (Å²) in [7, 11) is 0. The van der Waals surface area contributed by atoms with Gasteiger partial charge in [0.25, 0.3) is 0 Å². The molecule has 0 aliphatic heterocycles. The van der Waals surface area contributed by atoms with Crippen LogP contribution < -0.4 is 10.1 Å². The predicted octanol–water partition coefficient (Wildman–Crippen LogP) is 3.49. The minimum Gasteiger partial charge on any atom is -0.468 e. The average molecular weight is 372 g/mol. The standard InChI is InChI=1S/C16H19F3N4O3/c1-10(2)15-22-14(26-23-15)5-3-4-12(24)21-11-6-7-13(20-8-11)25-9-16(17,18)19/h6-8,10H,3-5,9H2,1-2H3,(H,21,24). The van der Waals surface area contributed by atoms with Gasteiger partial charge in [-0.05, 0) is 12.5 Å². The Morgan fingerprint density at radius 1 is 1.35 bits per heavy atom. The Labute approximate surface area is 147 Å². The molecule has 7 nitrogen and oxygen atoms in total. The van der Waals surface area contributed by atoms with Gasteiger partial charge in [0.2, 0.25) is 17.7 Å². The number of halogens is 3. The highest BCUT2D eigenvalue weighted by atomic mass is 19.4. The van der Waals surface area contributed by atoms with Crippen LogP contribution in [0.4, 0.5) is 18.9 Å². The highest BCUT2D eigenvalue weighted by molar-refractivity contribution is 5.90. The number of ether oxygens (including phenoxy) is 1. The number of hydrogen-bond acceptors (Lipinski definition) is 6. The zero-order valence-corrected chi connectivity index (χ0v) is 14.3. The minimum absolute atomic E-state index is 0.169. The van der Waals surface area contributed by atoms with E-state index in [0.29, 0.717) is 30.2 Å². The number of nitrogens with one attached hydrogen (secondary N) is 1. The van der Waals surface area contributed by atoms with Crippen LogP contribution in [0.1, 0.15) is 44.3 Å². The maximum Gasteiger partial charge on any atom is 0.422 e. The number of aromatic nitrogens is 3. The SMILES string of the molecule is CC(C)c1noc(CCCC(=O)Nc2ccc(OCC(F)(F)F)nc2)n1. The summed E-state index contributed by atoms with van der Waals surface area (Å²) in [5, 5.41) is 6.45. The fraction of sp³-hybridized carbons (Fsp3) is 0.500. The predicted molar refractivity (Wildman–Crippen MR) is 85.7 cm³/mol.